The fraction of sp³-hybridized carbons (Fsp3) is 0.700. The van der Waals surface area contributed by atoms with Crippen LogP contribution in [0.3, 0.4) is 0 Å². The van der Waals surface area contributed by atoms with Crippen LogP contribution >= 0.6 is 0 Å². The smallest absolute Gasteiger partial charge is 0.100 e. The van der Waals surface area contributed by atoms with Gasteiger partial charge in [-0.25, -0.2) is 0 Å². The number of aliphatic hydroxyl groups is 1. The van der Waals surface area contributed by atoms with Gasteiger partial charge in [-0.1, -0.05) is 6.92 Å². The van der Waals surface area contributed by atoms with Crippen LogP contribution in [0, 0.1) is 5.92 Å². The lowest BCUT2D eigenvalue weighted by molar-refractivity contribution is 0.0512. The Hall–Kier alpha value is -0.870. The van der Waals surface area contributed by atoms with Crippen LogP contribution in [0.25, 0.3) is 0 Å². The molecule has 0 saturated carbocycles. The third kappa shape index (κ3) is 2.33. The van der Waals surface area contributed by atoms with Crippen molar-refractivity contribution < 1.29 is 9.84 Å². The van der Waals surface area contributed by atoms with Crippen molar-refractivity contribution >= 4 is 0 Å². The molecule has 1 aromatic heterocycles. The Labute approximate surface area is 84.5 Å². The van der Waals surface area contributed by atoms with E-state index in [0.29, 0.717) is 6.61 Å². The molecule has 0 spiro atoms. The Bertz CT molecular complexity index is 273. The van der Waals surface area contributed by atoms with Crippen molar-refractivity contribution in [2.75, 3.05) is 13.7 Å². The minimum atomic E-state index is -0.502. The summed E-state index contributed by atoms with van der Waals surface area (Å²) in [7, 11) is 1.64. The number of hydrogen-bond acceptors (Lipinski definition) is 3. The highest BCUT2D eigenvalue weighted by molar-refractivity contribution is 5.05. The molecule has 4 nitrogen and oxygen atoms in total. The van der Waals surface area contributed by atoms with E-state index < -0.39 is 6.10 Å². The number of aromatic nitrogens is 2. The van der Waals surface area contributed by atoms with Crippen LogP contribution in [0.5, 0.6) is 0 Å². The molecule has 0 amide bonds. The Balaban J connectivity index is 2.72. The molecule has 1 N–H and O–H groups in total. The van der Waals surface area contributed by atoms with Crippen LogP contribution < -0.4 is 0 Å². The summed E-state index contributed by atoms with van der Waals surface area (Å²) < 4.78 is 6.81. The number of nitrogens with zero attached hydrogens (tertiary/aromatic N) is 2. The zero-order valence-corrected chi connectivity index (χ0v) is 8.97. The lowest BCUT2D eigenvalue weighted by Gasteiger charge is -2.18. The quantitative estimate of drug-likeness (QED) is 0.773. The average Bonchev–Trinajstić information content (AvgIpc) is 2.64. The van der Waals surface area contributed by atoms with E-state index in [4.69, 9.17) is 4.74 Å². The molecular formula is C10H18N2O2. The zero-order chi connectivity index (χ0) is 10.6. The minimum absolute atomic E-state index is 0.0852. The number of aryl methyl sites for hydroxylation is 1. The molecular weight excluding hydrogens is 180 g/mol. The molecule has 1 heterocycles. The standard InChI is InChI=1S/C10H18N2O2/c1-4-12-9(5-6-11-12)10(13)8(2)7-14-3/h5-6,8,10,13H,4,7H2,1-3H3. The van der Waals surface area contributed by atoms with Crippen molar-refractivity contribution in [2.24, 2.45) is 5.92 Å². The van der Waals surface area contributed by atoms with Gasteiger partial charge in [0, 0.05) is 25.8 Å². The largest absolute Gasteiger partial charge is 0.386 e. The van der Waals surface area contributed by atoms with Gasteiger partial charge in [0.25, 0.3) is 0 Å². The van der Waals surface area contributed by atoms with E-state index in [2.05, 4.69) is 5.10 Å². The molecule has 0 aliphatic heterocycles. The Morgan fingerprint density at radius 1 is 1.64 bits per heavy atom. The number of ether oxygens (including phenoxy) is 1. The number of rotatable bonds is 5. The maximum Gasteiger partial charge on any atom is 0.100 e. The molecule has 0 bridgehead atoms. The summed E-state index contributed by atoms with van der Waals surface area (Å²) in [5.41, 5.74) is 0.858. The molecule has 80 valence electrons. The molecule has 0 aromatic carbocycles. The summed E-state index contributed by atoms with van der Waals surface area (Å²) in [5, 5.41) is 14.1. The molecule has 1 aromatic rings. The van der Waals surface area contributed by atoms with E-state index in [-0.39, 0.29) is 5.92 Å². The van der Waals surface area contributed by atoms with Gasteiger partial charge >= 0.3 is 0 Å². The van der Waals surface area contributed by atoms with Gasteiger partial charge in [0.1, 0.15) is 6.10 Å². The highest BCUT2D eigenvalue weighted by atomic mass is 16.5. The van der Waals surface area contributed by atoms with Gasteiger partial charge < -0.3 is 9.84 Å². The molecule has 2 atom stereocenters. The SMILES string of the molecule is CCn1nccc1C(O)C(C)COC. The summed E-state index contributed by atoms with van der Waals surface area (Å²) in [6, 6.07) is 1.85. The van der Waals surface area contributed by atoms with E-state index in [1.807, 2.05) is 19.9 Å². The molecule has 4 heteroatoms. The average molecular weight is 198 g/mol. The second-order valence-electron chi connectivity index (χ2n) is 3.45. The first kappa shape index (κ1) is 11.2. The highest BCUT2D eigenvalue weighted by Gasteiger charge is 2.19. The van der Waals surface area contributed by atoms with Gasteiger partial charge in [-0.3, -0.25) is 4.68 Å². The minimum Gasteiger partial charge on any atom is -0.386 e. The fourth-order valence-electron chi connectivity index (χ4n) is 1.50. The van der Waals surface area contributed by atoms with Crippen molar-refractivity contribution in [3.8, 4) is 0 Å². The van der Waals surface area contributed by atoms with Crippen molar-refractivity contribution in [1.82, 2.24) is 9.78 Å². The van der Waals surface area contributed by atoms with Crippen LogP contribution in [0.4, 0.5) is 0 Å². The lowest BCUT2D eigenvalue weighted by atomic mass is 10.0. The van der Waals surface area contributed by atoms with Gasteiger partial charge in [-0.15, -0.1) is 0 Å². The highest BCUT2D eigenvalue weighted by Crippen LogP contribution is 2.21. The number of methoxy groups -OCH3 is 1. The van der Waals surface area contributed by atoms with Crippen molar-refractivity contribution in [3.05, 3.63) is 18.0 Å². The van der Waals surface area contributed by atoms with Gasteiger partial charge in [-0.2, -0.15) is 5.10 Å². The zero-order valence-electron chi connectivity index (χ0n) is 8.97. The van der Waals surface area contributed by atoms with Crippen LogP contribution in [-0.4, -0.2) is 28.6 Å². The lowest BCUT2D eigenvalue weighted by Crippen LogP contribution is -2.18. The normalized spacial score (nSPS) is 15.4. The molecule has 0 fully saturated rings. The summed E-state index contributed by atoms with van der Waals surface area (Å²) >= 11 is 0. The van der Waals surface area contributed by atoms with Crippen LogP contribution in [0.1, 0.15) is 25.6 Å². The third-order valence-corrected chi connectivity index (χ3v) is 2.32. The van der Waals surface area contributed by atoms with Crippen LogP contribution in [0.2, 0.25) is 0 Å². The van der Waals surface area contributed by atoms with Crippen molar-refractivity contribution in [2.45, 2.75) is 26.5 Å². The van der Waals surface area contributed by atoms with Gasteiger partial charge in [0.05, 0.1) is 12.3 Å². The first-order valence-electron chi connectivity index (χ1n) is 4.89. The first-order chi connectivity index (χ1) is 6.70. The van der Waals surface area contributed by atoms with E-state index >= 15 is 0 Å². The van der Waals surface area contributed by atoms with Crippen LogP contribution in [-0.2, 0) is 11.3 Å². The summed E-state index contributed by atoms with van der Waals surface area (Å²) in [5.74, 6) is 0.0852. The topological polar surface area (TPSA) is 47.3 Å². The van der Waals surface area contributed by atoms with Gasteiger partial charge in [-0.05, 0) is 13.0 Å². The van der Waals surface area contributed by atoms with Crippen molar-refractivity contribution in [1.29, 1.82) is 0 Å². The predicted octanol–water partition coefficient (Wildman–Crippen LogP) is 1.22. The molecule has 14 heavy (non-hydrogen) atoms. The molecule has 0 aliphatic carbocycles. The van der Waals surface area contributed by atoms with Crippen LogP contribution in [0.15, 0.2) is 12.3 Å². The van der Waals surface area contributed by atoms with Gasteiger partial charge in [0.2, 0.25) is 0 Å². The summed E-state index contributed by atoms with van der Waals surface area (Å²) in [4.78, 5) is 0. The Morgan fingerprint density at radius 3 is 2.93 bits per heavy atom. The van der Waals surface area contributed by atoms with E-state index in [0.717, 1.165) is 12.2 Å². The molecule has 0 radical (unpaired) electrons. The summed E-state index contributed by atoms with van der Waals surface area (Å²) in [6.07, 6.45) is 1.21. The maximum absolute atomic E-state index is 9.98. The van der Waals surface area contributed by atoms with E-state index in [1.54, 1.807) is 18.0 Å². The van der Waals surface area contributed by atoms with E-state index in [9.17, 15) is 5.11 Å². The second kappa shape index (κ2) is 5.12. The molecule has 0 aliphatic rings. The number of hydrogen-bond donors (Lipinski definition) is 1. The number of aliphatic hydroxyl groups excluding tert-OH is 1. The fourth-order valence-corrected chi connectivity index (χ4v) is 1.50. The first-order valence-corrected chi connectivity index (χ1v) is 4.89. The summed E-state index contributed by atoms with van der Waals surface area (Å²) in [6.45, 7) is 5.29. The third-order valence-electron chi connectivity index (χ3n) is 2.32. The molecule has 1 rings (SSSR count). The molecule has 2 unspecified atom stereocenters. The van der Waals surface area contributed by atoms with Crippen molar-refractivity contribution in [3.63, 3.8) is 0 Å². The van der Waals surface area contributed by atoms with Gasteiger partial charge in [0.15, 0.2) is 0 Å². The Kier molecular flexibility index (Phi) is 4.10. The Morgan fingerprint density at radius 2 is 2.36 bits per heavy atom. The second-order valence-corrected chi connectivity index (χ2v) is 3.45. The monoisotopic (exact) mass is 198 g/mol. The maximum atomic E-state index is 9.98. The molecule has 0 saturated heterocycles. The van der Waals surface area contributed by atoms with E-state index in [1.165, 1.54) is 0 Å². The predicted molar refractivity (Wildman–Crippen MR) is 53.9 cm³/mol.